The number of aromatic hydroxyl groups is 1. The van der Waals surface area contributed by atoms with Crippen molar-refractivity contribution >= 4 is 11.7 Å². The number of phenols is 1. The van der Waals surface area contributed by atoms with Crippen LogP contribution in [0.2, 0.25) is 0 Å². The van der Waals surface area contributed by atoms with E-state index in [9.17, 15) is 5.11 Å². The SMILES string of the molecule is CC(=NNc1nc(-c2ccccc2)cc(-c2ccc(C)cc2)n1)c1ccccc1O. The second-order valence-electron chi connectivity index (χ2n) is 7.02. The number of aromatic nitrogens is 2. The van der Waals surface area contributed by atoms with E-state index in [4.69, 9.17) is 0 Å². The van der Waals surface area contributed by atoms with Gasteiger partial charge in [0.1, 0.15) is 5.75 Å². The quantitative estimate of drug-likeness (QED) is 0.338. The van der Waals surface area contributed by atoms with Crippen LogP contribution < -0.4 is 5.43 Å². The van der Waals surface area contributed by atoms with Gasteiger partial charge in [0, 0.05) is 16.7 Å². The number of nitrogens with zero attached hydrogens (tertiary/aromatic N) is 3. The van der Waals surface area contributed by atoms with E-state index in [1.165, 1.54) is 5.56 Å². The summed E-state index contributed by atoms with van der Waals surface area (Å²) in [5.41, 5.74) is 9.06. The number of aryl methyl sites for hydroxylation is 1. The zero-order chi connectivity index (χ0) is 20.9. The van der Waals surface area contributed by atoms with Gasteiger partial charge < -0.3 is 5.11 Å². The number of hydrogen-bond donors (Lipinski definition) is 2. The maximum absolute atomic E-state index is 10.0. The Hall–Kier alpha value is -3.99. The monoisotopic (exact) mass is 394 g/mol. The Morgan fingerprint density at radius 3 is 2.07 bits per heavy atom. The first-order chi connectivity index (χ1) is 14.6. The molecule has 30 heavy (non-hydrogen) atoms. The molecule has 2 N–H and O–H groups in total. The Labute approximate surface area is 175 Å². The first-order valence-corrected chi connectivity index (χ1v) is 9.70. The maximum atomic E-state index is 10.0. The zero-order valence-electron chi connectivity index (χ0n) is 16.9. The van der Waals surface area contributed by atoms with Gasteiger partial charge in [-0.25, -0.2) is 15.4 Å². The summed E-state index contributed by atoms with van der Waals surface area (Å²) in [6.45, 7) is 3.88. The lowest BCUT2D eigenvalue weighted by molar-refractivity contribution is 0.474. The van der Waals surface area contributed by atoms with Crippen LogP contribution in [0.15, 0.2) is 90.0 Å². The van der Waals surface area contributed by atoms with Crippen molar-refractivity contribution in [3.8, 4) is 28.3 Å². The van der Waals surface area contributed by atoms with Crippen molar-refractivity contribution < 1.29 is 5.11 Å². The fraction of sp³-hybridized carbons (Fsp3) is 0.0800. The number of phenolic OH excluding ortho intramolecular Hbond substituents is 1. The first-order valence-electron chi connectivity index (χ1n) is 9.70. The van der Waals surface area contributed by atoms with Gasteiger partial charge in [-0.3, -0.25) is 0 Å². The fourth-order valence-electron chi connectivity index (χ4n) is 3.10. The minimum absolute atomic E-state index is 0.180. The van der Waals surface area contributed by atoms with Crippen molar-refractivity contribution in [2.24, 2.45) is 5.10 Å². The van der Waals surface area contributed by atoms with E-state index in [0.29, 0.717) is 17.2 Å². The summed E-state index contributed by atoms with van der Waals surface area (Å²) < 4.78 is 0. The molecule has 5 heteroatoms. The normalized spacial score (nSPS) is 11.3. The Bertz CT molecular complexity index is 1190. The van der Waals surface area contributed by atoms with Gasteiger partial charge in [-0.05, 0) is 32.0 Å². The molecule has 1 heterocycles. The van der Waals surface area contributed by atoms with Crippen molar-refractivity contribution in [1.29, 1.82) is 0 Å². The number of rotatable bonds is 5. The van der Waals surface area contributed by atoms with Crippen molar-refractivity contribution in [1.82, 2.24) is 9.97 Å². The molecule has 4 aromatic rings. The molecule has 0 aliphatic heterocycles. The number of hydrazone groups is 1. The average Bonchev–Trinajstić information content (AvgIpc) is 2.78. The van der Waals surface area contributed by atoms with Crippen molar-refractivity contribution in [2.75, 3.05) is 5.43 Å². The smallest absolute Gasteiger partial charge is 0.244 e. The second-order valence-corrected chi connectivity index (χ2v) is 7.02. The van der Waals surface area contributed by atoms with Crippen LogP contribution >= 0.6 is 0 Å². The van der Waals surface area contributed by atoms with Crippen LogP contribution in [0.3, 0.4) is 0 Å². The molecule has 0 fully saturated rings. The highest BCUT2D eigenvalue weighted by Gasteiger charge is 2.09. The van der Waals surface area contributed by atoms with E-state index < -0.39 is 0 Å². The van der Waals surface area contributed by atoms with Gasteiger partial charge in [0.05, 0.1) is 17.1 Å². The Morgan fingerprint density at radius 1 is 0.800 bits per heavy atom. The summed E-state index contributed by atoms with van der Waals surface area (Å²) >= 11 is 0. The summed E-state index contributed by atoms with van der Waals surface area (Å²) in [5.74, 6) is 0.571. The van der Waals surface area contributed by atoms with Crippen LogP contribution in [-0.2, 0) is 0 Å². The molecule has 4 rings (SSSR count). The summed E-state index contributed by atoms with van der Waals surface area (Å²) in [6, 6.07) is 27.3. The highest BCUT2D eigenvalue weighted by Crippen LogP contribution is 2.25. The number of benzene rings is 3. The molecule has 5 nitrogen and oxygen atoms in total. The molecular formula is C25H22N4O. The minimum Gasteiger partial charge on any atom is -0.507 e. The summed E-state index contributed by atoms with van der Waals surface area (Å²) in [5, 5.41) is 14.4. The van der Waals surface area contributed by atoms with Gasteiger partial charge in [0.15, 0.2) is 0 Å². The Balaban J connectivity index is 1.73. The van der Waals surface area contributed by atoms with E-state index >= 15 is 0 Å². The van der Waals surface area contributed by atoms with Crippen LogP contribution in [0.5, 0.6) is 5.75 Å². The number of para-hydroxylation sites is 1. The number of anilines is 1. The first kappa shape index (κ1) is 19.3. The number of hydrogen-bond acceptors (Lipinski definition) is 5. The number of nitrogens with one attached hydrogen (secondary N) is 1. The predicted octanol–water partition coefficient (Wildman–Crippen LogP) is 5.66. The zero-order valence-corrected chi connectivity index (χ0v) is 16.9. The van der Waals surface area contributed by atoms with E-state index in [1.807, 2.05) is 67.6 Å². The summed E-state index contributed by atoms with van der Waals surface area (Å²) in [4.78, 5) is 9.30. The highest BCUT2D eigenvalue weighted by atomic mass is 16.3. The molecule has 0 saturated carbocycles. The van der Waals surface area contributed by atoms with Gasteiger partial charge in [-0.2, -0.15) is 5.10 Å². The third-order valence-electron chi connectivity index (χ3n) is 4.76. The lowest BCUT2D eigenvalue weighted by atomic mass is 10.1. The Kier molecular flexibility index (Phi) is 5.52. The molecule has 3 aromatic carbocycles. The van der Waals surface area contributed by atoms with Crippen LogP contribution in [0.1, 0.15) is 18.1 Å². The Morgan fingerprint density at radius 2 is 1.40 bits per heavy atom. The van der Waals surface area contributed by atoms with E-state index in [0.717, 1.165) is 22.5 Å². The third kappa shape index (κ3) is 4.36. The second kappa shape index (κ2) is 8.57. The predicted molar refractivity (Wildman–Crippen MR) is 122 cm³/mol. The fourth-order valence-corrected chi connectivity index (χ4v) is 3.10. The lowest BCUT2D eigenvalue weighted by Gasteiger charge is -2.09. The molecule has 0 atom stereocenters. The van der Waals surface area contributed by atoms with Gasteiger partial charge in [-0.15, -0.1) is 0 Å². The molecule has 0 amide bonds. The van der Waals surface area contributed by atoms with E-state index in [2.05, 4.69) is 39.6 Å². The topological polar surface area (TPSA) is 70.4 Å². The molecule has 0 radical (unpaired) electrons. The van der Waals surface area contributed by atoms with Crippen LogP contribution in [0.25, 0.3) is 22.5 Å². The van der Waals surface area contributed by atoms with Crippen molar-refractivity contribution in [3.05, 3.63) is 96.1 Å². The third-order valence-corrected chi connectivity index (χ3v) is 4.76. The molecule has 0 unspecified atom stereocenters. The molecule has 1 aromatic heterocycles. The van der Waals surface area contributed by atoms with Crippen LogP contribution in [-0.4, -0.2) is 20.8 Å². The largest absolute Gasteiger partial charge is 0.507 e. The van der Waals surface area contributed by atoms with Crippen LogP contribution in [0, 0.1) is 6.92 Å². The molecule has 0 aliphatic rings. The standard InChI is InChI=1S/C25H22N4O/c1-17-12-14-20(15-13-17)23-16-22(19-8-4-3-5-9-19)26-25(27-23)29-28-18(2)21-10-6-7-11-24(21)30/h3-16,30H,1-2H3,(H,26,27,29). The molecule has 0 saturated heterocycles. The molecular weight excluding hydrogens is 372 g/mol. The maximum Gasteiger partial charge on any atom is 0.244 e. The molecule has 0 aliphatic carbocycles. The lowest BCUT2D eigenvalue weighted by Crippen LogP contribution is -2.04. The van der Waals surface area contributed by atoms with Crippen LogP contribution in [0.4, 0.5) is 5.95 Å². The van der Waals surface area contributed by atoms with Gasteiger partial charge >= 0.3 is 0 Å². The van der Waals surface area contributed by atoms with Gasteiger partial charge in [0.2, 0.25) is 5.95 Å². The molecule has 0 spiro atoms. The molecule has 0 bridgehead atoms. The van der Waals surface area contributed by atoms with Gasteiger partial charge in [0.25, 0.3) is 0 Å². The van der Waals surface area contributed by atoms with E-state index in [1.54, 1.807) is 12.1 Å². The highest BCUT2D eigenvalue weighted by molar-refractivity contribution is 6.01. The van der Waals surface area contributed by atoms with Gasteiger partial charge in [-0.1, -0.05) is 72.3 Å². The average molecular weight is 394 g/mol. The van der Waals surface area contributed by atoms with Crippen molar-refractivity contribution in [2.45, 2.75) is 13.8 Å². The summed E-state index contributed by atoms with van der Waals surface area (Å²) in [6.07, 6.45) is 0. The minimum atomic E-state index is 0.180. The van der Waals surface area contributed by atoms with Crippen molar-refractivity contribution in [3.63, 3.8) is 0 Å². The molecule has 148 valence electrons. The summed E-state index contributed by atoms with van der Waals surface area (Å²) in [7, 11) is 0. The van der Waals surface area contributed by atoms with E-state index in [-0.39, 0.29) is 5.75 Å².